The SMILES string of the molecule is Nc1ncc(Oc2ccc(Cl)cc2)c(N2CCN(C=O)CC2)n1. The van der Waals surface area contributed by atoms with Gasteiger partial charge in [-0.2, -0.15) is 4.98 Å². The van der Waals surface area contributed by atoms with E-state index in [9.17, 15) is 4.79 Å². The van der Waals surface area contributed by atoms with Gasteiger partial charge in [-0.25, -0.2) is 4.98 Å². The van der Waals surface area contributed by atoms with Gasteiger partial charge in [0.2, 0.25) is 12.4 Å². The van der Waals surface area contributed by atoms with Gasteiger partial charge in [0, 0.05) is 31.2 Å². The van der Waals surface area contributed by atoms with Crippen LogP contribution in [-0.4, -0.2) is 47.5 Å². The highest BCUT2D eigenvalue weighted by Gasteiger charge is 2.21. The van der Waals surface area contributed by atoms with E-state index in [1.807, 2.05) is 4.90 Å². The molecule has 1 aliphatic rings. The van der Waals surface area contributed by atoms with E-state index in [-0.39, 0.29) is 5.95 Å². The van der Waals surface area contributed by atoms with Gasteiger partial charge in [0.05, 0.1) is 6.20 Å². The van der Waals surface area contributed by atoms with Crippen LogP contribution in [0.1, 0.15) is 0 Å². The predicted octanol–water partition coefficient (Wildman–Crippen LogP) is 1.78. The molecule has 8 heteroatoms. The molecule has 120 valence electrons. The number of aromatic nitrogens is 2. The number of rotatable bonds is 4. The van der Waals surface area contributed by atoms with Gasteiger partial charge in [0.25, 0.3) is 0 Å². The Balaban J connectivity index is 1.83. The van der Waals surface area contributed by atoms with Gasteiger partial charge in [-0.05, 0) is 24.3 Å². The van der Waals surface area contributed by atoms with Crippen LogP contribution in [0.15, 0.2) is 30.5 Å². The highest BCUT2D eigenvalue weighted by molar-refractivity contribution is 6.30. The Morgan fingerprint density at radius 1 is 1.17 bits per heavy atom. The Labute approximate surface area is 138 Å². The van der Waals surface area contributed by atoms with Crippen molar-refractivity contribution in [1.82, 2.24) is 14.9 Å². The van der Waals surface area contributed by atoms with E-state index in [2.05, 4.69) is 9.97 Å². The molecule has 0 saturated carbocycles. The number of nitrogens with two attached hydrogens (primary N) is 1. The molecule has 0 atom stereocenters. The van der Waals surface area contributed by atoms with Gasteiger partial charge in [-0.3, -0.25) is 4.79 Å². The third-order valence-electron chi connectivity index (χ3n) is 3.56. The Morgan fingerprint density at radius 2 is 1.87 bits per heavy atom. The minimum absolute atomic E-state index is 0.182. The van der Waals surface area contributed by atoms with Crippen molar-refractivity contribution in [2.24, 2.45) is 0 Å². The zero-order valence-corrected chi connectivity index (χ0v) is 13.1. The number of hydrogen-bond acceptors (Lipinski definition) is 6. The van der Waals surface area contributed by atoms with Crippen LogP contribution in [0.25, 0.3) is 0 Å². The number of carbonyl (C=O) groups excluding carboxylic acids is 1. The molecule has 1 fully saturated rings. The smallest absolute Gasteiger partial charge is 0.222 e. The van der Waals surface area contributed by atoms with Crippen LogP contribution in [-0.2, 0) is 4.79 Å². The molecule has 1 saturated heterocycles. The molecule has 1 aliphatic heterocycles. The normalized spacial score (nSPS) is 14.7. The molecular weight excluding hydrogens is 318 g/mol. The number of carbonyl (C=O) groups is 1. The lowest BCUT2D eigenvalue weighted by molar-refractivity contribution is -0.118. The van der Waals surface area contributed by atoms with Crippen LogP contribution in [0.5, 0.6) is 11.5 Å². The Hall–Kier alpha value is -2.54. The van der Waals surface area contributed by atoms with Crippen LogP contribution in [0.4, 0.5) is 11.8 Å². The molecule has 1 aromatic heterocycles. The van der Waals surface area contributed by atoms with Crippen LogP contribution < -0.4 is 15.4 Å². The van der Waals surface area contributed by atoms with E-state index in [1.165, 1.54) is 0 Å². The van der Waals surface area contributed by atoms with Crippen molar-refractivity contribution in [3.63, 3.8) is 0 Å². The summed E-state index contributed by atoms with van der Waals surface area (Å²) in [5, 5.41) is 0.635. The highest BCUT2D eigenvalue weighted by Crippen LogP contribution is 2.31. The lowest BCUT2D eigenvalue weighted by Gasteiger charge is -2.33. The lowest BCUT2D eigenvalue weighted by atomic mass is 10.3. The molecule has 0 unspecified atom stereocenters. The first-order chi connectivity index (χ1) is 11.2. The van der Waals surface area contributed by atoms with Crippen LogP contribution in [0, 0.1) is 0 Å². The molecule has 0 spiro atoms. The van der Waals surface area contributed by atoms with Crippen LogP contribution >= 0.6 is 11.6 Å². The molecule has 23 heavy (non-hydrogen) atoms. The van der Waals surface area contributed by atoms with Crippen molar-refractivity contribution in [3.8, 4) is 11.5 Å². The molecule has 0 radical (unpaired) electrons. The first-order valence-electron chi connectivity index (χ1n) is 7.16. The maximum Gasteiger partial charge on any atom is 0.222 e. The van der Waals surface area contributed by atoms with E-state index in [0.29, 0.717) is 48.5 Å². The topological polar surface area (TPSA) is 84.6 Å². The summed E-state index contributed by atoms with van der Waals surface area (Å²) in [7, 11) is 0. The molecule has 0 aliphatic carbocycles. The number of benzene rings is 1. The summed E-state index contributed by atoms with van der Waals surface area (Å²) in [6.07, 6.45) is 2.41. The molecule has 0 bridgehead atoms. The fourth-order valence-corrected chi connectivity index (χ4v) is 2.47. The van der Waals surface area contributed by atoms with Gasteiger partial charge in [-0.15, -0.1) is 0 Å². The van der Waals surface area contributed by atoms with E-state index >= 15 is 0 Å². The fourth-order valence-electron chi connectivity index (χ4n) is 2.34. The number of ether oxygens (including phenoxy) is 1. The van der Waals surface area contributed by atoms with Crippen molar-refractivity contribution in [1.29, 1.82) is 0 Å². The first kappa shape index (κ1) is 15.4. The zero-order valence-electron chi connectivity index (χ0n) is 12.4. The largest absolute Gasteiger partial charge is 0.452 e. The summed E-state index contributed by atoms with van der Waals surface area (Å²) in [4.78, 5) is 22.9. The Kier molecular flexibility index (Phi) is 4.47. The Bertz CT molecular complexity index is 687. The molecule has 1 amide bonds. The molecule has 1 aromatic carbocycles. The van der Waals surface area contributed by atoms with Gasteiger partial charge in [0.1, 0.15) is 5.75 Å². The quantitative estimate of drug-likeness (QED) is 0.859. The summed E-state index contributed by atoms with van der Waals surface area (Å²) in [6, 6.07) is 7.04. The van der Waals surface area contributed by atoms with E-state index in [4.69, 9.17) is 22.1 Å². The van der Waals surface area contributed by atoms with Crippen LogP contribution in [0.3, 0.4) is 0 Å². The van der Waals surface area contributed by atoms with Crippen molar-refractivity contribution in [3.05, 3.63) is 35.5 Å². The third-order valence-corrected chi connectivity index (χ3v) is 3.81. The van der Waals surface area contributed by atoms with Crippen molar-refractivity contribution < 1.29 is 9.53 Å². The maximum atomic E-state index is 10.8. The second-order valence-corrected chi connectivity index (χ2v) is 5.54. The summed E-state index contributed by atoms with van der Waals surface area (Å²) in [6.45, 7) is 2.58. The van der Waals surface area contributed by atoms with Gasteiger partial charge < -0.3 is 20.3 Å². The number of piperazine rings is 1. The number of hydrogen-bond donors (Lipinski definition) is 1. The first-order valence-corrected chi connectivity index (χ1v) is 7.54. The zero-order chi connectivity index (χ0) is 16.2. The van der Waals surface area contributed by atoms with Crippen LogP contribution in [0.2, 0.25) is 5.02 Å². The van der Waals surface area contributed by atoms with Crippen molar-refractivity contribution in [2.75, 3.05) is 36.8 Å². The second kappa shape index (κ2) is 6.70. The second-order valence-electron chi connectivity index (χ2n) is 5.10. The summed E-state index contributed by atoms with van der Waals surface area (Å²) in [5.74, 6) is 1.95. The summed E-state index contributed by atoms with van der Waals surface area (Å²) in [5.41, 5.74) is 5.71. The molecule has 2 N–H and O–H groups in total. The van der Waals surface area contributed by atoms with Gasteiger partial charge >= 0.3 is 0 Å². The minimum atomic E-state index is 0.182. The molecule has 3 rings (SSSR count). The molecule has 2 aromatic rings. The number of nitrogens with zero attached hydrogens (tertiary/aromatic N) is 4. The van der Waals surface area contributed by atoms with E-state index in [0.717, 1.165) is 6.41 Å². The molecule has 2 heterocycles. The number of nitrogen functional groups attached to an aromatic ring is 1. The van der Waals surface area contributed by atoms with Gasteiger partial charge in [-0.1, -0.05) is 11.6 Å². The average Bonchev–Trinajstić information content (AvgIpc) is 2.58. The third kappa shape index (κ3) is 3.62. The number of anilines is 2. The summed E-state index contributed by atoms with van der Waals surface area (Å²) >= 11 is 5.88. The van der Waals surface area contributed by atoms with E-state index in [1.54, 1.807) is 35.4 Å². The van der Waals surface area contributed by atoms with E-state index < -0.39 is 0 Å². The Morgan fingerprint density at radius 3 is 2.52 bits per heavy atom. The standard InChI is InChI=1S/C15H16ClN5O2/c16-11-1-3-12(4-2-11)23-13-9-18-15(17)19-14(13)21-7-5-20(10-22)6-8-21/h1-4,9-10H,5-8H2,(H2,17,18,19). The average molecular weight is 334 g/mol. The van der Waals surface area contributed by atoms with Crippen molar-refractivity contribution in [2.45, 2.75) is 0 Å². The maximum absolute atomic E-state index is 10.8. The fraction of sp³-hybridized carbons (Fsp3) is 0.267. The minimum Gasteiger partial charge on any atom is -0.452 e. The number of halogens is 1. The highest BCUT2D eigenvalue weighted by atomic mass is 35.5. The summed E-state index contributed by atoms with van der Waals surface area (Å²) < 4.78 is 5.86. The molecular formula is C15H16ClN5O2. The molecule has 7 nitrogen and oxygen atoms in total. The van der Waals surface area contributed by atoms with Gasteiger partial charge in [0.15, 0.2) is 11.6 Å². The monoisotopic (exact) mass is 333 g/mol. The lowest BCUT2D eigenvalue weighted by Crippen LogP contribution is -2.46. The van der Waals surface area contributed by atoms with Crippen molar-refractivity contribution >= 4 is 29.8 Å². The number of amides is 1. The predicted molar refractivity (Wildman–Crippen MR) is 87.8 cm³/mol.